The lowest BCUT2D eigenvalue weighted by Gasteiger charge is -2.03. The summed E-state index contributed by atoms with van der Waals surface area (Å²) >= 11 is 1.11. The molecule has 13 heavy (non-hydrogen) atoms. The molecule has 1 amide bonds. The number of hydrogen-bond donors (Lipinski definition) is 1. The van der Waals surface area contributed by atoms with E-state index in [2.05, 4.69) is 15.0 Å². The van der Waals surface area contributed by atoms with Crippen LogP contribution < -0.4 is 5.32 Å². The topological polar surface area (TPSA) is 67.8 Å². The number of carbonyl (C=O) groups is 2. The van der Waals surface area contributed by atoms with Gasteiger partial charge in [0.15, 0.2) is 0 Å². The highest BCUT2D eigenvalue weighted by atomic mass is 32.2. The third-order valence-electron chi connectivity index (χ3n) is 1.30. The van der Waals surface area contributed by atoms with Crippen LogP contribution in [-0.4, -0.2) is 35.9 Å². The Bertz CT molecular complexity index is 252. The van der Waals surface area contributed by atoms with Crippen LogP contribution in [0.3, 0.4) is 0 Å². The Morgan fingerprint density at radius 1 is 1.77 bits per heavy atom. The van der Waals surface area contributed by atoms with E-state index in [1.54, 1.807) is 6.92 Å². The number of carbonyl (C=O) groups excluding carboxylic acids is 2. The largest absolute Gasteiger partial charge is 0.465 e. The minimum Gasteiger partial charge on any atom is -0.465 e. The zero-order valence-electron chi connectivity index (χ0n) is 7.20. The summed E-state index contributed by atoms with van der Waals surface area (Å²) in [5, 5.41) is 2.51. The van der Waals surface area contributed by atoms with Gasteiger partial charge < -0.3 is 10.1 Å². The summed E-state index contributed by atoms with van der Waals surface area (Å²) in [5.41, 5.74) is 0. The van der Waals surface area contributed by atoms with Gasteiger partial charge in [-0.2, -0.15) is 4.99 Å². The van der Waals surface area contributed by atoms with Crippen molar-refractivity contribution in [1.82, 2.24) is 5.32 Å². The molecule has 1 rings (SSSR count). The summed E-state index contributed by atoms with van der Waals surface area (Å²) in [6, 6.07) is 0. The maximum absolute atomic E-state index is 10.8. The van der Waals surface area contributed by atoms with Gasteiger partial charge >= 0.3 is 11.2 Å². The van der Waals surface area contributed by atoms with E-state index in [-0.39, 0.29) is 17.8 Å². The van der Waals surface area contributed by atoms with Crippen LogP contribution in [0.2, 0.25) is 0 Å². The fourth-order valence-corrected chi connectivity index (χ4v) is 1.38. The van der Waals surface area contributed by atoms with Crippen molar-refractivity contribution in [2.75, 3.05) is 18.9 Å². The first-order valence-corrected chi connectivity index (χ1v) is 4.84. The first-order valence-electron chi connectivity index (χ1n) is 3.86. The van der Waals surface area contributed by atoms with Gasteiger partial charge in [0.1, 0.15) is 12.4 Å². The number of nitrogens with one attached hydrogen (secondary N) is 1. The summed E-state index contributed by atoms with van der Waals surface area (Å²) in [7, 11) is 0. The molecule has 1 N–H and O–H groups in total. The Morgan fingerprint density at radius 2 is 2.54 bits per heavy atom. The second-order valence-corrected chi connectivity index (χ2v) is 3.20. The second kappa shape index (κ2) is 4.86. The highest BCUT2D eigenvalue weighted by Crippen LogP contribution is 2.11. The third kappa shape index (κ3) is 3.45. The van der Waals surface area contributed by atoms with Gasteiger partial charge in [0.2, 0.25) is 0 Å². The molecule has 5 nitrogen and oxygen atoms in total. The molecule has 0 aromatic rings. The molecule has 0 fully saturated rings. The van der Waals surface area contributed by atoms with Crippen molar-refractivity contribution in [3.8, 4) is 0 Å². The summed E-state index contributed by atoms with van der Waals surface area (Å²) < 4.78 is 4.68. The lowest BCUT2D eigenvalue weighted by atomic mass is 10.6. The fourth-order valence-electron chi connectivity index (χ4n) is 0.782. The Hall–Kier alpha value is -1.04. The van der Waals surface area contributed by atoms with E-state index in [9.17, 15) is 9.59 Å². The lowest BCUT2D eigenvalue weighted by Crippen LogP contribution is -2.30. The molecule has 1 aliphatic rings. The number of amidine groups is 1. The van der Waals surface area contributed by atoms with Gasteiger partial charge in [-0.05, 0) is 6.92 Å². The van der Waals surface area contributed by atoms with Crippen LogP contribution >= 0.6 is 11.8 Å². The molecule has 1 aliphatic heterocycles. The number of hydrogen-bond acceptors (Lipinski definition) is 5. The van der Waals surface area contributed by atoms with Crippen molar-refractivity contribution >= 4 is 28.8 Å². The summed E-state index contributed by atoms with van der Waals surface area (Å²) in [4.78, 5) is 25.1. The number of nitrogens with zero attached hydrogens (tertiary/aromatic N) is 1. The van der Waals surface area contributed by atoms with Gasteiger partial charge in [0.05, 0.1) is 12.4 Å². The SMILES string of the molecule is CCOC(=O)CNC1=NC(=O)SC1. The van der Waals surface area contributed by atoms with Gasteiger partial charge in [-0.15, -0.1) is 0 Å². The predicted molar refractivity (Wildman–Crippen MR) is 49.9 cm³/mol. The van der Waals surface area contributed by atoms with Crippen molar-refractivity contribution in [2.45, 2.75) is 6.92 Å². The van der Waals surface area contributed by atoms with Crippen LogP contribution in [0, 0.1) is 0 Å². The van der Waals surface area contributed by atoms with Gasteiger partial charge in [-0.1, -0.05) is 11.8 Å². The maximum Gasteiger partial charge on any atom is 0.325 e. The lowest BCUT2D eigenvalue weighted by molar-refractivity contribution is -0.141. The highest BCUT2D eigenvalue weighted by Gasteiger charge is 2.14. The molecule has 0 aromatic heterocycles. The summed E-state index contributed by atoms with van der Waals surface area (Å²) in [5.74, 6) is 0.718. The van der Waals surface area contributed by atoms with Crippen LogP contribution in [-0.2, 0) is 9.53 Å². The van der Waals surface area contributed by atoms with E-state index in [4.69, 9.17) is 0 Å². The highest BCUT2D eigenvalue weighted by molar-refractivity contribution is 8.14. The molecule has 0 atom stereocenters. The minimum atomic E-state index is -0.338. The molecule has 0 aromatic carbocycles. The maximum atomic E-state index is 10.8. The van der Waals surface area contributed by atoms with E-state index in [1.807, 2.05) is 0 Å². The zero-order valence-corrected chi connectivity index (χ0v) is 8.02. The van der Waals surface area contributed by atoms with Gasteiger partial charge in [0, 0.05) is 0 Å². The van der Waals surface area contributed by atoms with Crippen LogP contribution in [0.5, 0.6) is 0 Å². The van der Waals surface area contributed by atoms with Crippen LogP contribution in [0.4, 0.5) is 4.79 Å². The molecule has 0 aliphatic carbocycles. The Morgan fingerprint density at radius 3 is 3.08 bits per heavy atom. The quantitative estimate of drug-likeness (QED) is 0.671. The molecule has 0 saturated carbocycles. The Kier molecular flexibility index (Phi) is 3.75. The van der Waals surface area contributed by atoms with E-state index >= 15 is 0 Å². The molecule has 1 heterocycles. The molecular weight excluding hydrogens is 192 g/mol. The first-order chi connectivity index (χ1) is 6.22. The average molecular weight is 202 g/mol. The molecule has 6 heteroatoms. The van der Waals surface area contributed by atoms with E-state index < -0.39 is 0 Å². The number of amides is 1. The van der Waals surface area contributed by atoms with Gasteiger partial charge in [-0.25, -0.2) is 0 Å². The standard InChI is InChI=1S/C7H10N2O3S/c1-2-12-6(10)3-8-5-4-13-7(11)9-5/h2-4H2,1H3,(H,8,9,11). The molecule has 0 spiro atoms. The zero-order chi connectivity index (χ0) is 9.68. The van der Waals surface area contributed by atoms with Crippen molar-refractivity contribution in [1.29, 1.82) is 0 Å². The van der Waals surface area contributed by atoms with Gasteiger partial charge in [0.25, 0.3) is 0 Å². The summed E-state index contributed by atoms with van der Waals surface area (Å²) in [6.07, 6.45) is 0. The molecule has 0 radical (unpaired) electrons. The van der Waals surface area contributed by atoms with E-state index in [0.29, 0.717) is 18.2 Å². The summed E-state index contributed by atoms with van der Waals surface area (Å²) in [6.45, 7) is 2.17. The van der Waals surface area contributed by atoms with Crippen molar-refractivity contribution in [3.05, 3.63) is 0 Å². The number of ether oxygens (including phenoxy) is 1. The van der Waals surface area contributed by atoms with Crippen molar-refractivity contribution < 1.29 is 14.3 Å². The molecular formula is C7H10N2O3S. The van der Waals surface area contributed by atoms with E-state index in [0.717, 1.165) is 11.8 Å². The minimum absolute atomic E-state index is 0.0700. The number of rotatable bonds is 3. The Balaban J connectivity index is 2.23. The fraction of sp³-hybridized carbons (Fsp3) is 0.571. The number of thioether (sulfide) groups is 1. The average Bonchev–Trinajstić information content (AvgIpc) is 2.49. The van der Waals surface area contributed by atoms with Crippen LogP contribution in [0.25, 0.3) is 0 Å². The molecule has 0 bridgehead atoms. The number of aliphatic imine (C=N–C) groups is 1. The predicted octanol–water partition coefficient (Wildman–Crippen LogP) is 0.404. The van der Waals surface area contributed by atoms with Crippen molar-refractivity contribution in [2.24, 2.45) is 4.99 Å². The molecule has 0 unspecified atom stereocenters. The van der Waals surface area contributed by atoms with Crippen molar-refractivity contribution in [3.63, 3.8) is 0 Å². The second-order valence-electron chi connectivity index (χ2n) is 2.27. The van der Waals surface area contributed by atoms with Crippen LogP contribution in [0.15, 0.2) is 4.99 Å². The molecule has 72 valence electrons. The normalized spacial score (nSPS) is 15.5. The van der Waals surface area contributed by atoms with Crippen LogP contribution in [0.1, 0.15) is 6.92 Å². The number of esters is 1. The third-order valence-corrected chi connectivity index (χ3v) is 2.06. The van der Waals surface area contributed by atoms with Gasteiger partial charge in [-0.3, -0.25) is 9.59 Å². The Labute approximate surface area is 79.9 Å². The first kappa shape index (κ1) is 10.0. The molecule has 0 saturated heterocycles. The van der Waals surface area contributed by atoms with E-state index in [1.165, 1.54) is 0 Å². The monoisotopic (exact) mass is 202 g/mol. The smallest absolute Gasteiger partial charge is 0.325 e.